The van der Waals surface area contributed by atoms with Gasteiger partial charge in [-0.1, -0.05) is 11.6 Å². The van der Waals surface area contributed by atoms with Gasteiger partial charge >= 0.3 is 0 Å². The fourth-order valence-corrected chi connectivity index (χ4v) is 4.84. The largest absolute Gasteiger partial charge is 0.503 e. The average Bonchev–Trinajstić information content (AvgIpc) is 3.65. The first-order valence-electron chi connectivity index (χ1n) is 11.4. The van der Waals surface area contributed by atoms with Gasteiger partial charge in [-0.15, -0.1) is 0 Å². The first-order chi connectivity index (χ1) is 17.8. The molecule has 4 heterocycles. The summed E-state index contributed by atoms with van der Waals surface area (Å²) in [5.74, 6) is -1.52. The summed E-state index contributed by atoms with van der Waals surface area (Å²) in [6.07, 6.45) is 1.43. The van der Waals surface area contributed by atoms with E-state index in [1.165, 1.54) is 24.3 Å². The highest BCUT2D eigenvalue weighted by Gasteiger charge is 2.48. The third-order valence-electron chi connectivity index (χ3n) is 6.57. The number of anilines is 1. The number of ether oxygens (including phenoxy) is 1. The van der Waals surface area contributed by atoms with Gasteiger partial charge in [-0.3, -0.25) is 14.5 Å². The zero-order valence-corrected chi connectivity index (χ0v) is 20.7. The van der Waals surface area contributed by atoms with Crippen molar-refractivity contribution in [3.63, 3.8) is 0 Å². The maximum Gasteiger partial charge on any atom is 0.296 e. The first kappa shape index (κ1) is 22.9. The minimum atomic E-state index is -1.09. The predicted octanol–water partition coefficient (Wildman–Crippen LogP) is 5.96. The lowest BCUT2D eigenvalue weighted by molar-refractivity contribution is -0.117. The molecule has 10 heteroatoms. The van der Waals surface area contributed by atoms with Crippen molar-refractivity contribution in [2.45, 2.75) is 19.9 Å². The molecule has 37 heavy (non-hydrogen) atoms. The van der Waals surface area contributed by atoms with Crippen LogP contribution in [0.15, 0.2) is 68.9 Å². The lowest BCUT2D eigenvalue weighted by atomic mass is 9.99. The number of rotatable bonds is 5. The topological polar surface area (TPSA) is 122 Å². The van der Waals surface area contributed by atoms with Gasteiger partial charge in [-0.2, -0.15) is 0 Å². The molecule has 1 aliphatic rings. The summed E-state index contributed by atoms with van der Waals surface area (Å²) in [5.41, 5.74) is 3.56. The maximum absolute atomic E-state index is 13.8. The van der Waals surface area contributed by atoms with E-state index in [0.29, 0.717) is 32.8 Å². The number of aryl methyl sites for hydroxylation is 2. The number of nitrogens with one attached hydrogen (secondary N) is 1. The molecule has 0 spiro atoms. The Morgan fingerprint density at radius 3 is 2.70 bits per heavy atom. The number of ketones is 1. The van der Waals surface area contributed by atoms with Crippen molar-refractivity contribution in [3.8, 4) is 5.75 Å². The number of aromatic nitrogens is 2. The van der Waals surface area contributed by atoms with Gasteiger partial charge in [0.15, 0.2) is 22.9 Å². The Bertz CT molecular complexity index is 1720. The molecule has 2 N–H and O–H groups in total. The van der Waals surface area contributed by atoms with E-state index in [9.17, 15) is 14.7 Å². The van der Waals surface area contributed by atoms with E-state index in [4.69, 9.17) is 25.2 Å². The van der Waals surface area contributed by atoms with Crippen LogP contribution in [0.2, 0.25) is 5.02 Å². The van der Waals surface area contributed by atoms with Crippen LogP contribution in [0, 0.1) is 13.8 Å². The summed E-state index contributed by atoms with van der Waals surface area (Å²) in [6.45, 7) is 3.94. The number of hydrogen-bond acceptors (Lipinski definition) is 7. The molecule has 0 saturated carbocycles. The number of halogens is 1. The zero-order chi connectivity index (χ0) is 26.0. The van der Waals surface area contributed by atoms with Crippen molar-refractivity contribution in [2.75, 3.05) is 12.0 Å². The molecule has 1 unspecified atom stereocenters. The number of methoxy groups -OCH3 is 1. The Morgan fingerprint density at radius 1 is 1.19 bits per heavy atom. The fourth-order valence-electron chi connectivity index (χ4n) is 4.62. The van der Waals surface area contributed by atoms with Gasteiger partial charge in [0.05, 0.1) is 30.0 Å². The molecule has 9 nitrogen and oxygen atoms in total. The first-order valence-corrected chi connectivity index (χ1v) is 11.7. The van der Waals surface area contributed by atoms with Crippen LogP contribution >= 0.6 is 11.6 Å². The molecule has 0 bridgehead atoms. The number of aromatic amines is 1. The standard InChI is InChI=1S/C27H20ClN3O6/c1-12-7-16-17(8-13(12)2)30-27(29-16)31-22(18-5-4-6-36-18)21(24(33)26(31)34)23(32)19-10-14-9-15(28)11-20(35-3)25(14)37-19/h4-11,22,33H,1-3H3,(H,29,30). The number of H-pyrrole nitrogens is 1. The minimum absolute atomic E-state index is 0.0980. The van der Waals surface area contributed by atoms with E-state index in [-0.39, 0.29) is 23.0 Å². The molecule has 1 aliphatic heterocycles. The van der Waals surface area contributed by atoms with E-state index in [2.05, 4.69) is 9.97 Å². The third-order valence-corrected chi connectivity index (χ3v) is 6.79. The summed E-state index contributed by atoms with van der Waals surface area (Å²) in [6, 6.07) is 10.7. The minimum Gasteiger partial charge on any atom is -0.503 e. The molecule has 1 amide bonds. The molecule has 0 fully saturated rings. The monoisotopic (exact) mass is 517 g/mol. The number of amides is 1. The van der Waals surface area contributed by atoms with Crippen LogP contribution in [-0.2, 0) is 4.79 Å². The van der Waals surface area contributed by atoms with Crippen LogP contribution in [0.3, 0.4) is 0 Å². The fraction of sp³-hybridized carbons (Fsp3) is 0.148. The SMILES string of the molecule is COc1cc(Cl)cc2cc(C(=O)C3=C(O)C(=O)N(c4nc5cc(C)c(C)cc5[nH]4)C3c3ccco3)oc12. The molecule has 6 rings (SSSR count). The van der Waals surface area contributed by atoms with E-state index >= 15 is 0 Å². The molecule has 3 aromatic heterocycles. The summed E-state index contributed by atoms with van der Waals surface area (Å²) >= 11 is 6.16. The van der Waals surface area contributed by atoms with E-state index < -0.39 is 23.5 Å². The van der Waals surface area contributed by atoms with Crippen molar-refractivity contribution in [3.05, 3.63) is 87.7 Å². The number of furan rings is 2. The molecule has 0 aliphatic carbocycles. The smallest absolute Gasteiger partial charge is 0.296 e. The van der Waals surface area contributed by atoms with E-state index in [1.807, 2.05) is 26.0 Å². The van der Waals surface area contributed by atoms with Gasteiger partial charge in [0.1, 0.15) is 11.8 Å². The second kappa shape index (κ2) is 8.28. The summed E-state index contributed by atoms with van der Waals surface area (Å²) in [7, 11) is 1.46. The lowest BCUT2D eigenvalue weighted by Crippen LogP contribution is -2.31. The summed E-state index contributed by atoms with van der Waals surface area (Å²) < 4.78 is 16.8. The number of nitrogens with zero attached hydrogens (tertiary/aromatic N) is 2. The number of hydrogen-bond donors (Lipinski definition) is 2. The van der Waals surface area contributed by atoms with Crippen LogP contribution in [0.25, 0.3) is 22.0 Å². The van der Waals surface area contributed by atoms with Crippen LogP contribution in [-0.4, -0.2) is 33.9 Å². The lowest BCUT2D eigenvalue weighted by Gasteiger charge is -2.21. The molecule has 1 atom stereocenters. The van der Waals surface area contributed by atoms with Gasteiger partial charge in [0.2, 0.25) is 11.7 Å². The van der Waals surface area contributed by atoms with Gasteiger partial charge in [0.25, 0.3) is 5.91 Å². The summed E-state index contributed by atoms with van der Waals surface area (Å²) in [5, 5.41) is 11.9. The van der Waals surface area contributed by atoms with Crippen LogP contribution in [0.4, 0.5) is 5.95 Å². The van der Waals surface area contributed by atoms with Crippen LogP contribution in [0.1, 0.15) is 33.5 Å². The average molecular weight is 518 g/mol. The van der Waals surface area contributed by atoms with Crippen molar-refractivity contribution in [2.24, 2.45) is 0 Å². The maximum atomic E-state index is 13.8. The number of aliphatic hydroxyl groups excluding tert-OH is 1. The Morgan fingerprint density at radius 2 is 1.97 bits per heavy atom. The zero-order valence-electron chi connectivity index (χ0n) is 20.0. The number of aliphatic hydroxyl groups is 1. The van der Waals surface area contributed by atoms with Crippen molar-refractivity contribution in [1.82, 2.24) is 9.97 Å². The Labute approximate surface area is 214 Å². The van der Waals surface area contributed by atoms with E-state index in [1.54, 1.807) is 24.3 Å². The Kier molecular flexibility index (Phi) is 5.13. The number of imidazole rings is 1. The molecular formula is C27H20ClN3O6. The van der Waals surface area contributed by atoms with Crippen LogP contribution in [0.5, 0.6) is 5.75 Å². The second-order valence-electron chi connectivity index (χ2n) is 8.84. The summed E-state index contributed by atoms with van der Waals surface area (Å²) in [4.78, 5) is 36.1. The molecule has 5 aromatic rings. The highest BCUT2D eigenvalue weighted by Crippen LogP contribution is 2.43. The van der Waals surface area contributed by atoms with E-state index in [0.717, 1.165) is 11.1 Å². The Balaban J connectivity index is 1.49. The van der Waals surface area contributed by atoms with Crippen molar-refractivity contribution >= 4 is 51.2 Å². The second-order valence-corrected chi connectivity index (χ2v) is 9.27. The highest BCUT2D eigenvalue weighted by molar-refractivity contribution is 6.31. The molecule has 0 radical (unpaired) electrons. The number of fused-ring (bicyclic) bond motifs is 2. The van der Waals surface area contributed by atoms with Gasteiger partial charge in [-0.25, -0.2) is 4.98 Å². The molecule has 186 valence electrons. The molecular weight excluding hydrogens is 498 g/mol. The number of Topliss-reactive ketones (excluding diaryl/α,β-unsaturated/α-hetero) is 1. The highest BCUT2D eigenvalue weighted by atomic mass is 35.5. The van der Waals surface area contributed by atoms with Gasteiger partial charge in [-0.05, 0) is 61.4 Å². The predicted molar refractivity (Wildman–Crippen MR) is 136 cm³/mol. The van der Waals surface area contributed by atoms with Crippen molar-refractivity contribution in [1.29, 1.82) is 0 Å². The van der Waals surface area contributed by atoms with Gasteiger partial charge < -0.3 is 23.7 Å². The molecule has 2 aromatic carbocycles. The molecule has 0 saturated heterocycles. The van der Waals surface area contributed by atoms with Crippen molar-refractivity contribution < 1.29 is 28.3 Å². The van der Waals surface area contributed by atoms with Crippen LogP contribution < -0.4 is 9.64 Å². The van der Waals surface area contributed by atoms with Gasteiger partial charge in [0, 0.05) is 16.5 Å². The Hall–Kier alpha value is -4.50. The number of carbonyl (C=O) groups excluding carboxylic acids is 2. The number of carbonyl (C=O) groups is 2. The normalized spacial score (nSPS) is 15.9. The quantitative estimate of drug-likeness (QED) is 0.276. The third kappa shape index (κ3) is 3.50. The number of benzene rings is 2.